The summed E-state index contributed by atoms with van der Waals surface area (Å²) in [5, 5.41) is 20.7. The lowest BCUT2D eigenvalue weighted by atomic mass is 10.1. The van der Waals surface area contributed by atoms with E-state index in [2.05, 4.69) is 5.32 Å². The summed E-state index contributed by atoms with van der Waals surface area (Å²) in [6, 6.07) is 4.28. The Morgan fingerprint density at radius 2 is 2.12 bits per heavy atom. The van der Waals surface area contributed by atoms with E-state index in [1.54, 1.807) is 6.92 Å². The van der Waals surface area contributed by atoms with Gasteiger partial charge >= 0.3 is 0 Å². The van der Waals surface area contributed by atoms with Crippen molar-refractivity contribution in [3.05, 3.63) is 29.3 Å². The molecule has 6 nitrogen and oxygen atoms in total. The van der Waals surface area contributed by atoms with Gasteiger partial charge in [0, 0.05) is 5.56 Å². The fraction of sp³-hybridized carbons (Fsp3) is 0.273. The topological polar surface area (TPSA) is 113 Å². The Morgan fingerprint density at radius 3 is 2.65 bits per heavy atom. The van der Waals surface area contributed by atoms with Crippen LogP contribution >= 0.6 is 0 Å². The Labute approximate surface area is 98.1 Å². The predicted octanol–water partition coefficient (Wildman–Crippen LogP) is -0.723. The maximum Gasteiger partial charge on any atom is 0.251 e. The first kappa shape index (κ1) is 13.0. The number of carbonyl (C=O) groups excluding carboxylic acids is 2. The van der Waals surface area contributed by atoms with Crippen molar-refractivity contribution in [3.63, 3.8) is 0 Å². The minimum atomic E-state index is -1.41. The van der Waals surface area contributed by atoms with Crippen LogP contribution in [0.4, 0.5) is 0 Å². The van der Waals surface area contributed by atoms with Crippen molar-refractivity contribution < 1.29 is 19.8 Å². The third-order valence-corrected chi connectivity index (χ3v) is 2.24. The zero-order valence-electron chi connectivity index (χ0n) is 9.30. The zero-order valence-corrected chi connectivity index (χ0v) is 9.30. The van der Waals surface area contributed by atoms with Gasteiger partial charge in [-0.05, 0) is 30.7 Å². The molecule has 0 radical (unpaired) electrons. The van der Waals surface area contributed by atoms with Crippen molar-refractivity contribution in [2.75, 3.05) is 6.54 Å². The molecule has 2 amide bonds. The summed E-state index contributed by atoms with van der Waals surface area (Å²) in [5.74, 6) is -1.27. The van der Waals surface area contributed by atoms with E-state index in [1.807, 2.05) is 0 Å². The van der Waals surface area contributed by atoms with E-state index in [-0.39, 0.29) is 12.3 Å². The average Bonchev–Trinajstić information content (AvgIpc) is 2.25. The van der Waals surface area contributed by atoms with Gasteiger partial charge in [0.05, 0.1) is 6.54 Å². The summed E-state index contributed by atoms with van der Waals surface area (Å²) in [6.45, 7) is 1.42. The Hall–Kier alpha value is -2.08. The van der Waals surface area contributed by atoms with Gasteiger partial charge in [-0.15, -0.1) is 0 Å². The van der Waals surface area contributed by atoms with Crippen molar-refractivity contribution in [1.29, 1.82) is 0 Å². The quantitative estimate of drug-likeness (QED) is 0.554. The first-order valence-corrected chi connectivity index (χ1v) is 4.97. The molecule has 1 aromatic rings. The number of carbonyl (C=O) groups is 2. The summed E-state index contributed by atoms with van der Waals surface area (Å²) in [4.78, 5) is 22.2. The van der Waals surface area contributed by atoms with Gasteiger partial charge in [-0.3, -0.25) is 9.59 Å². The van der Waals surface area contributed by atoms with Crippen molar-refractivity contribution in [2.24, 2.45) is 5.73 Å². The molecule has 17 heavy (non-hydrogen) atoms. The van der Waals surface area contributed by atoms with E-state index in [0.29, 0.717) is 11.1 Å². The van der Waals surface area contributed by atoms with E-state index in [4.69, 9.17) is 10.8 Å². The molecule has 5 N–H and O–H groups in total. The predicted molar refractivity (Wildman–Crippen MR) is 60.4 cm³/mol. The van der Waals surface area contributed by atoms with Gasteiger partial charge in [0.15, 0.2) is 0 Å². The van der Waals surface area contributed by atoms with Gasteiger partial charge in [0.1, 0.15) is 11.9 Å². The van der Waals surface area contributed by atoms with Crippen molar-refractivity contribution in [3.8, 4) is 5.75 Å². The third-order valence-electron chi connectivity index (χ3n) is 2.24. The molecular formula is C11H14N2O4. The number of nitrogens with one attached hydrogen (secondary N) is 1. The highest BCUT2D eigenvalue weighted by molar-refractivity contribution is 5.96. The monoisotopic (exact) mass is 238 g/mol. The summed E-state index contributed by atoms with van der Waals surface area (Å²) in [5.41, 5.74) is 5.79. The molecule has 1 aromatic carbocycles. The molecular weight excluding hydrogens is 224 g/mol. The number of amides is 2. The zero-order chi connectivity index (χ0) is 13.0. The second-order valence-electron chi connectivity index (χ2n) is 3.63. The normalized spacial score (nSPS) is 11.9. The number of aryl methyl sites for hydroxylation is 1. The molecule has 1 unspecified atom stereocenters. The molecule has 0 spiro atoms. The van der Waals surface area contributed by atoms with Gasteiger partial charge in [-0.1, -0.05) is 0 Å². The van der Waals surface area contributed by atoms with E-state index < -0.39 is 17.9 Å². The SMILES string of the molecule is Cc1cc(O)ccc1C(=O)NCC(O)C(N)=O. The molecule has 1 rings (SSSR count). The van der Waals surface area contributed by atoms with Crippen LogP contribution in [0.2, 0.25) is 0 Å². The summed E-state index contributed by atoms with van der Waals surface area (Å²) in [7, 11) is 0. The first-order chi connectivity index (χ1) is 7.91. The molecule has 0 fully saturated rings. The lowest BCUT2D eigenvalue weighted by molar-refractivity contribution is -0.125. The van der Waals surface area contributed by atoms with Crippen LogP contribution in [0.3, 0.4) is 0 Å². The van der Waals surface area contributed by atoms with Gasteiger partial charge < -0.3 is 21.3 Å². The number of aliphatic hydroxyl groups excluding tert-OH is 1. The maximum atomic E-state index is 11.6. The number of phenols is 1. The third kappa shape index (κ3) is 3.46. The minimum Gasteiger partial charge on any atom is -0.508 e. The molecule has 0 saturated carbocycles. The number of nitrogens with two attached hydrogens (primary N) is 1. The van der Waals surface area contributed by atoms with Crippen LogP contribution in [0.25, 0.3) is 0 Å². The highest BCUT2D eigenvalue weighted by Crippen LogP contribution is 2.15. The van der Waals surface area contributed by atoms with Crippen LogP contribution in [0.1, 0.15) is 15.9 Å². The van der Waals surface area contributed by atoms with Crippen molar-refractivity contribution in [1.82, 2.24) is 5.32 Å². The Bertz CT molecular complexity index is 445. The fourth-order valence-electron chi connectivity index (χ4n) is 1.29. The van der Waals surface area contributed by atoms with Crippen LogP contribution in [0.15, 0.2) is 18.2 Å². The largest absolute Gasteiger partial charge is 0.508 e. The molecule has 0 aliphatic heterocycles. The van der Waals surface area contributed by atoms with E-state index in [0.717, 1.165) is 0 Å². The Kier molecular flexibility index (Phi) is 4.06. The van der Waals surface area contributed by atoms with Crippen LogP contribution in [0, 0.1) is 6.92 Å². The molecule has 0 aromatic heterocycles. The molecule has 92 valence electrons. The van der Waals surface area contributed by atoms with Crippen LogP contribution < -0.4 is 11.1 Å². The van der Waals surface area contributed by atoms with E-state index in [9.17, 15) is 14.7 Å². The molecule has 1 atom stereocenters. The summed E-state index contributed by atoms with van der Waals surface area (Å²) >= 11 is 0. The molecule has 0 bridgehead atoms. The van der Waals surface area contributed by atoms with E-state index >= 15 is 0 Å². The number of primary amides is 1. The number of aromatic hydroxyl groups is 1. The molecule has 0 aliphatic rings. The number of rotatable bonds is 4. The maximum absolute atomic E-state index is 11.6. The molecule has 0 heterocycles. The second-order valence-corrected chi connectivity index (χ2v) is 3.63. The number of hydrogen-bond donors (Lipinski definition) is 4. The van der Waals surface area contributed by atoms with Crippen LogP contribution in [0.5, 0.6) is 5.75 Å². The van der Waals surface area contributed by atoms with Crippen LogP contribution in [-0.2, 0) is 4.79 Å². The number of phenolic OH excluding ortho intramolecular Hbond substituents is 1. The van der Waals surface area contributed by atoms with Gasteiger partial charge in [0.25, 0.3) is 5.91 Å². The molecule has 0 aliphatic carbocycles. The Balaban J connectivity index is 2.67. The number of aliphatic hydroxyl groups is 1. The Morgan fingerprint density at radius 1 is 1.47 bits per heavy atom. The lowest BCUT2D eigenvalue weighted by Gasteiger charge is -2.10. The smallest absolute Gasteiger partial charge is 0.251 e. The summed E-state index contributed by atoms with van der Waals surface area (Å²) < 4.78 is 0. The van der Waals surface area contributed by atoms with Crippen molar-refractivity contribution in [2.45, 2.75) is 13.0 Å². The number of hydrogen-bond acceptors (Lipinski definition) is 4. The van der Waals surface area contributed by atoms with Crippen molar-refractivity contribution >= 4 is 11.8 Å². The minimum absolute atomic E-state index is 0.0659. The fourth-order valence-corrected chi connectivity index (χ4v) is 1.29. The van der Waals surface area contributed by atoms with Gasteiger partial charge in [-0.25, -0.2) is 0 Å². The highest BCUT2D eigenvalue weighted by atomic mass is 16.3. The lowest BCUT2D eigenvalue weighted by Crippen LogP contribution is -2.40. The second kappa shape index (κ2) is 5.31. The standard InChI is InChI=1S/C11H14N2O4/c1-6-4-7(14)2-3-8(6)11(17)13-5-9(15)10(12)16/h2-4,9,14-15H,5H2,1H3,(H2,12,16)(H,13,17). The van der Waals surface area contributed by atoms with Gasteiger partial charge in [-0.2, -0.15) is 0 Å². The first-order valence-electron chi connectivity index (χ1n) is 4.97. The van der Waals surface area contributed by atoms with E-state index in [1.165, 1.54) is 18.2 Å². The molecule has 6 heteroatoms. The van der Waals surface area contributed by atoms with Crippen LogP contribution in [-0.4, -0.2) is 34.7 Å². The molecule has 0 saturated heterocycles. The number of benzene rings is 1. The average molecular weight is 238 g/mol. The van der Waals surface area contributed by atoms with Gasteiger partial charge in [0.2, 0.25) is 5.91 Å². The highest BCUT2D eigenvalue weighted by Gasteiger charge is 2.14. The summed E-state index contributed by atoms with van der Waals surface area (Å²) in [6.07, 6.45) is -1.41.